The Bertz CT molecular complexity index is 1180. The first kappa shape index (κ1) is 22.6. The van der Waals surface area contributed by atoms with Crippen LogP contribution in [0.5, 0.6) is 17.2 Å². The van der Waals surface area contributed by atoms with E-state index in [1.54, 1.807) is 18.2 Å². The Balaban J connectivity index is 0.00000141. The molecule has 1 aromatic heterocycles. The molecule has 0 radical (unpaired) electrons. The molecule has 0 amide bonds. The topological polar surface area (TPSA) is 68.9 Å². The number of aromatic nitrogens is 1. The molecule has 3 aromatic carbocycles. The Morgan fingerprint density at radius 2 is 1.56 bits per heavy atom. The summed E-state index contributed by atoms with van der Waals surface area (Å²) in [4.78, 5) is 12.3. The van der Waals surface area contributed by atoms with Gasteiger partial charge in [0.2, 0.25) is 11.9 Å². The third-order valence-corrected chi connectivity index (χ3v) is 4.56. The molecule has 0 aliphatic rings. The van der Waals surface area contributed by atoms with Gasteiger partial charge in [-0.15, -0.1) is 0 Å². The van der Waals surface area contributed by atoms with Crippen molar-refractivity contribution in [1.82, 2.24) is 0 Å². The van der Waals surface area contributed by atoms with Gasteiger partial charge in [0.25, 0.3) is 0 Å². The highest BCUT2D eigenvalue weighted by Gasteiger charge is 2.31. The summed E-state index contributed by atoms with van der Waals surface area (Å²) in [5.41, 5.74) is 0.844. The zero-order chi connectivity index (χ0) is 22.9. The maximum Gasteiger partial charge on any atom is 0.412 e. The minimum Gasteiger partial charge on any atom is -0.481 e. The third kappa shape index (κ3) is 5.16. The minimum absolute atomic E-state index is 0.0855. The molecule has 164 valence electrons. The first-order chi connectivity index (χ1) is 15.7. The molecule has 4 rings (SSSR count). The van der Waals surface area contributed by atoms with Crippen LogP contribution in [0.1, 0.15) is 29.9 Å². The van der Waals surface area contributed by atoms with E-state index in [1.165, 1.54) is 13.3 Å². The fourth-order valence-electron chi connectivity index (χ4n) is 3.13. The van der Waals surface area contributed by atoms with E-state index in [-0.39, 0.29) is 18.1 Å². The molecule has 0 spiro atoms. The van der Waals surface area contributed by atoms with Gasteiger partial charge in [0.15, 0.2) is 0 Å². The Hall–Kier alpha value is -4.06. The molecule has 32 heavy (non-hydrogen) atoms. The maximum atomic E-state index is 12.3. The van der Waals surface area contributed by atoms with E-state index in [0.29, 0.717) is 22.3 Å². The Morgan fingerprint density at radius 3 is 2.22 bits per heavy atom. The normalized spacial score (nSPS) is 10.1. The molecule has 0 bridgehead atoms. The summed E-state index contributed by atoms with van der Waals surface area (Å²) in [7, 11) is 1.25. The fraction of sp³-hybridized carbons (Fsp3) is 0.154. The van der Waals surface area contributed by atoms with Crippen molar-refractivity contribution in [3.05, 3.63) is 96.3 Å². The van der Waals surface area contributed by atoms with Gasteiger partial charge in [0, 0.05) is 10.1 Å². The van der Waals surface area contributed by atoms with Crippen molar-refractivity contribution in [1.29, 1.82) is 0 Å². The molecular formula is C26H26NO5+. The van der Waals surface area contributed by atoms with Crippen LogP contribution < -0.4 is 14.2 Å². The molecular weight excluding hydrogens is 406 g/mol. The standard InChI is InChI=1S/C24H20NO5.C2H6/c1-28-24(26)22-23(29-16-17-8-4-2-5-9-17)21-13-12-20(14-18(21)15-25(22)27)30-19-10-6-3-7-11-19;1-2/h2-15,27H,16H2,1H3;1-2H3/q+1;. The van der Waals surface area contributed by atoms with Gasteiger partial charge >= 0.3 is 11.7 Å². The molecule has 0 saturated carbocycles. The second-order valence-electron chi connectivity index (χ2n) is 6.58. The molecule has 0 unspecified atom stereocenters. The van der Waals surface area contributed by atoms with Gasteiger partial charge < -0.3 is 14.2 Å². The van der Waals surface area contributed by atoms with E-state index in [4.69, 9.17) is 14.2 Å². The predicted octanol–water partition coefficient (Wildman–Crippen LogP) is 5.55. The first-order valence-electron chi connectivity index (χ1n) is 10.4. The lowest BCUT2D eigenvalue weighted by Crippen LogP contribution is -2.38. The number of esters is 1. The van der Waals surface area contributed by atoms with Crippen LogP contribution in [-0.4, -0.2) is 18.3 Å². The smallest absolute Gasteiger partial charge is 0.412 e. The van der Waals surface area contributed by atoms with Crippen molar-refractivity contribution >= 4 is 16.7 Å². The van der Waals surface area contributed by atoms with Crippen LogP contribution in [0.2, 0.25) is 0 Å². The molecule has 4 aromatic rings. The fourth-order valence-corrected chi connectivity index (χ4v) is 3.13. The predicted molar refractivity (Wildman–Crippen MR) is 121 cm³/mol. The summed E-state index contributed by atoms with van der Waals surface area (Å²) in [5.74, 6) is 0.818. The van der Waals surface area contributed by atoms with Crippen molar-refractivity contribution in [2.45, 2.75) is 20.5 Å². The van der Waals surface area contributed by atoms with Gasteiger partial charge in [0.1, 0.15) is 18.1 Å². The van der Waals surface area contributed by atoms with E-state index in [2.05, 4.69) is 0 Å². The van der Waals surface area contributed by atoms with Crippen LogP contribution in [0.4, 0.5) is 0 Å². The van der Waals surface area contributed by atoms with Gasteiger partial charge in [0.05, 0.1) is 12.5 Å². The zero-order valence-electron chi connectivity index (χ0n) is 18.3. The van der Waals surface area contributed by atoms with E-state index in [0.717, 1.165) is 10.3 Å². The second-order valence-corrected chi connectivity index (χ2v) is 6.58. The minimum atomic E-state index is -0.702. The van der Waals surface area contributed by atoms with Gasteiger partial charge in [-0.25, -0.2) is 4.79 Å². The molecule has 1 heterocycles. The van der Waals surface area contributed by atoms with Crippen LogP contribution >= 0.6 is 0 Å². The van der Waals surface area contributed by atoms with Crippen molar-refractivity contribution < 1.29 is 28.9 Å². The van der Waals surface area contributed by atoms with Crippen molar-refractivity contribution in [3.8, 4) is 17.2 Å². The molecule has 0 aliphatic carbocycles. The van der Waals surface area contributed by atoms with E-state index < -0.39 is 5.97 Å². The summed E-state index contributed by atoms with van der Waals surface area (Å²) < 4.78 is 17.4. The Morgan fingerprint density at radius 1 is 0.906 bits per heavy atom. The van der Waals surface area contributed by atoms with Crippen molar-refractivity contribution in [2.75, 3.05) is 7.11 Å². The lowest BCUT2D eigenvalue weighted by Gasteiger charge is -2.11. The SMILES string of the molecule is CC.COC(=O)c1c(OCc2ccccc2)c2ccc(Oc3ccccc3)cc2c[n+]1O. The number of pyridine rings is 1. The van der Waals surface area contributed by atoms with E-state index in [9.17, 15) is 10.0 Å². The van der Waals surface area contributed by atoms with Crippen LogP contribution in [0.15, 0.2) is 85.1 Å². The van der Waals surface area contributed by atoms with Gasteiger partial charge in [-0.2, -0.15) is 0 Å². The number of benzene rings is 3. The van der Waals surface area contributed by atoms with Crippen LogP contribution in [0, 0.1) is 0 Å². The molecule has 1 N–H and O–H groups in total. The number of methoxy groups -OCH3 is 1. The number of carbonyl (C=O) groups is 1. The van der Waals surface area contributed by atoms with Gasteiger partial charge in [-0.3, -0.25) is 5.21 Å². The number of ether oxygens (including phenoxy) is 3. The highest BCUT2D eigenvalue weighted by molar-refractivity contribution is 5.97. The Kier molecular flexibility index (Phi) is 7.65. The molecule has 0 fully saturated rings. The number of hydrogen-bond donors (Lipinski definition) is 1. The summed E-state index contributed by atoms with van der Waals surface area (Å²) in [5, 5.41) is 11.8. The van der Waals surface area contributed by atoms with Gasteiger partial charge in [-0.1, -0.05) is 62.4 Å². The van der Waals surface area contributed by atoms with Crippen molar-refractivity contribution in [3.63, 3.8) is 0 Å². The molecule has 0 aliphatic heterocycles. The van der Waals surface area contributed by atoms with Crippen LogP contribution in [0.3, 0.4) is 0 Å². The van der Waals surface area contributed by atoms with E-state index >= 15 is 0 Å². The number of nitrogens with zero attached hydrogens (tertiary/aromatic N) is 1. The zero-order valence-corrected chi connectivity index (χ0v) is 18.3. The molecule has 0 atom stereocenters. The summed E-state index contributed by atoms with van der Waals surface area (Å²) >= 11 is 0. The number of fused-ring (bicyclic) bond motifs is 1. The lowest BCUT2D eigenvalue weighted by molar-refractivity contribution is -0.905. The molecule has 6 heteroatoms. The van der Waals surface area contributed by atoms with E-state index in [1.807, 2.05) is 74.5 Å². The second kappa shape index (κ2) is 10.8. The Labute approximate surface area is 187 Å². The highest BCUT2D eigenvalue weighted by Crippen LogP contribution is 2.32. The summed E-state index contributed by atoms with van der Waals surface area (Å²) in [6.07, 6.45) is 1.43. The quantitative estimate of drug-likeness (QED) is 0.246. The van der Waals surface area contributed by atoms with Gasteiger partial charge in [-0.05, 0) is 35.9 Å². The molecule has 0 saturated heterocycles. The average molecular weight is 432 g/mol. The van der Waals surface area contributed by atoms with Crippen LogP contribution in [-0.2, 0) is 11.3 Å². The monoisotopic (exact) mass is 432 g/mol. The summed E-state index contributed by atoms with van der Waals surface area (Å²) in [6.45, 7) is 4.23. The van der Waals surface area contributed by atoms with Crippen molar-refractivity contribution in [2.24, 2.45) is 0 Å². The maximum absolute atomic E-state index is 12.3. The molecule has 6 nitrogen and oxygen atoms in total. The van der Waals surface area contributed by atoms with Crippen LogP contribution in [0.25, 0.3) is 10.8 Å². The number of carbonyl (C=O) groups excluding carboxylic acids is 1. The number of hydrogen-bond acceptors (Lipinski definition) is 5. The number of rotatable bonds is 6. The first-order valence-corrected chi connectivity index (χ1v) is 10.4. The number of para-hydroxylation sites is 1. The average Bonchev–Trinajstić information content (AvgIpc) is 2.84. The lowest BCUT2D eigenvalue weighted by atomic mass is 10.1. The highest BCUT2D eigenvalue weighted by atomic mass is 16.5. The third-order valence-electron chi connectivity index (χ3n) is 4.56. The largest absolute Gasteiger partial charge is 0.481 e. The summed E-state index contributed by atoms with van der Waals surface area (Å²) in [6, 6.07) is 24.3.